The van der Waals surface area contributed by atoms with Crippen molar-refractivity contribution in [3.63, 3.8) is 0 Å². The van der Waals surface area contributed by atoms with E-state index in [2.05, 4.69) is 10.2 Å². The quantitative estimate of drug-likeness (QED) is 0.807. The Balaban J connectivity index is 2.37. The molecule has 0 radical (unpaired) electrons. The van der Waals surface area contributed by atoms with Gasteiger partial charge in [0.1, 0.15) is 27.2 Å². The summed E-state index contributed by atoms with van der Waals surface area (Å²) in [5.74, 6) is -0.381. The fourth-order valence-electron chi connectivity index (χ4n) is 1.69. The molecule has 6 nitrogen and oxygen atoms in total. The lowest BCUT2D eigenvalue weighted by molar-refractivity contribution is -0.138. The fourth-order valence-corrected chi connectivity index (χ4v) is 4.19. The molecule has 0 amide bonds. The first kappa shape index (κ1) is 17.5. The van der Waals surface area contributed by atoms with Crippen LogP contribution in [0, 0.1) is 0 Å². The number of benzene rings is 1. The SMILES string of the molecule is COc1ccc(OC)c(S(=O)(=O)Cc2nnc(C(F)(F)F)s2)c1. The monoisotopic (exact) mass is 368 g/mol. The third-order valence-electron chi connectivity index (χ3n) is 2.73. The minimum atomic E-state index is -4.66. The predicted octanol–water partition coefficient (Wildman–Crippen LogP) is 2.55. The summed E-state index contributed by atoms with van der Waals surface area (Å²) in [7, 11) is -1.34. The van der Waals surface area contributed by atoms with Crippen LogP contribution in [0.3, 0.4) is 0 Å². The van der Waals surface area contributed by atoms with Crippen LogP contribution in [0.15, 0.2) is 23.1 Å². The van der Waals surface area contributed by atoms with Crippen molar-refractivity contribution in [1.29, 1.82) is 0 Å². The number of halogens is 3. The summed E-state index contributed by atoms with van der Waals surface area (Å²) in [6.07, 6.45) is -4.66. The first-order valence-corrected chi connectivity index (χ1v) is 8.48. The number of alkyl halides is 3. The maximum atomic E-state index is 12.5. The summed E-state index contributed by atoms with van der Waals surface area (Å²) in [6.45, 7) is 0. The molecule has 1 aromatic carbocycles. The molecule has 11 heteroatoms. The van der Waals surface area contributed by atoms with Gasteiger partial charge in [0.25, 0.3) is 0 Å². The standard InChI is InChI=1S/C12H11F3N2O4S2/c1-20-7-3-4-8(21-2)9(5-7)23(18,19)6-10-16-17-11(22-10)12(13,14)15/h3-5H,6H2,1-2H3. The minimum absolute atomic E-state index is 0.0614. The van der Waals surface area contributed by atoms with Gasteiger partial charge in [-0.3, -0.25) is 0 Å². The molecule has 126 valence electrons. The predicted molar refractivity (Wildman–Crippen MR) is 75.3 cm³/mol. The Morgan fingerprint density at radius 3 is 2.39 bits per heavy atom. The number of methoxy groups -OCH3 is 2. The number of ether oxygens (including phenoxy) is 2. The van der Waals surface area contributed by atoms with Gasteiger partial charge in [-0.15, -0.1) is 10.2 Å². The molecule has 0 N–H and O–H groups in total. The van der Waals surface area contributed by atoms with Gasteiger partial charge in [-0.05, 0) is 12.1 Å². The molecule has 0 saturated heterocycles. The molecular weight excluding hydrogens is 357 g/mol. The summed E-state index contributed by atoms with van der Waals surface area (Å²) in [5, 5.41) is 4.80. The van der Waals surface area contributed by atoms with Gasteiger partial charge in [0.05, 0.1) is 14.2 Å². The molecule has 0 aliphatic heterocycles. The Hall–Kier alpha value is -1.88. The highest BCUT2D eigenvalue weighted by molar-refractivity contribution is 7.90. The van der Waals surface area contributed by atoms with E-state index < -0.39 is 26.8 Å². The third-order valence-corrected chi connectivity index (χ3v) is 5.52. The molecule has 0 unspecified atom stereocenters. The Kier molecular flexibility index (Phi) is 4.80. The van der Waals surface area contributed by atoms with E-state index in [0.717, 1.165) is 0 Å². The summed E-state index contributed by atoms with van der Waals surface area (Å²) in [4.78, 5) is -0.192. The van der Waals surface area contributed by atoms with Crippen molar-refractivity contribution < 1.29 is 31.1 Å². The van der Waals surface area contributed by atoms with E-state index in [-0.39, 0.29) is 32.7 Å². The van der Waals surface area contributed by atoms with Crippen molar-refractivity contribution in [2.45, 2.75) is 16.8 Å². The van der Waals surface area contributed by atoms with E-state index in [1.807, 2.05) is 0 Å². The molecule has 0 aliphatic rings. The van der Waals surface area contributed by atoms with Crippen LogP contribution in [-0.4, -0.2) is 32.8 Å². The lowest BCUT2D eigenvalue weighted by Crippen LogP contribution is -2.07. The normalized spacial score (nSPS) is 12.2. The highest BCUT2D eigenvalue weighted by Crippen LogP contribution is 2.34. The number of nitrogens with zero attached hydrogens (tertiary/aromatic N) is 2. The van der Waals surface area contributed by atoms with E-state index in [1.54, 1.807) is 0 Å². The number of hydrogen-bond acceptors (Lipinski definition) is 7. The van der Waals surface area contributed by atoms with Gasteiger partial charge in [0.15, 0.2) is 9.84 Å². The van der Waals surface area contributed by atoms with Crippen LogP contribution in [0.5, 0.6) is 11.5 Å². The zero-order valence-corrected chi connectivity index (χ0v) is 13.5. The van der Waals surface area contributed by atoms with Gasteiger partial charge in [0.2, 0.25) is 5.01 Å². The lowest BCUT2D eigenvalue weighted by Gasteiger charge is -2.10. The highest BCUT2D eigenvalue weighted by atomic mass is 32.2. The minimum Gasteiger partial charge on any atom is -0.497 e. The van der Waals surface area contributed by atoms with Crippen LogP contribution in [0.2, 0.25) is 0 Å². The number of hydrogen-bond donors (Lipinski definition) is 0. The van der Waals surface area contributed by atoms with Gasteiger partial charge < -0.3 is 9.47 Å². The molecule has 1 aromatic heterocycles. The molecule has 23 heavy (non-hydrogen) atoms. The average Bonchev–Trinajstić information content (AvgIpc) is 2.94. The zero-order valence-electron chi connectivity index (χ0n) is 11.9. The van der Waals surface area contributed by atoms with Crippen molar-refractivity contribution in [1.82, 2.24) is 10.2 Å². The second-order valence-electron chi connectivity index (χ2n) is 4.27. The molecule has 0 bridgehead atoms. The van der Waals surface area contributed by atoms with Crippen LogP contribution >= 0.6 is 11.3 Å². The van der Waals surface area contributed by atoms with E-state index in [1.165, 1.54) is 32.4 Å². The van der Waals surface area contributed by atoms with Crippen molar-refractivity contribution >= 4 is 21.2 Å². The first-order chi connectivity index (χ1) is 10.7. The maximum absolute atomic E-state index is 12.5. The Morgan fingerprint density at radius 2 is 1.87 bits per heavy atom. The molecule has 1 heterocycles. The molecule has 2 rings (SSSR count). The van der Waals surface area contributed by atoms with Crippen molar-refractivity contribution in [2.24, 2.45) is 0 Å². The smallest absolute Gasteiger partial charge is 0.445 e. The van der Waals surface area contributed by atoms with Crippen LogP contribution in [0.25, 0.3) is 0 Å². The van der Waals surface area contributed by atoms with Crippen molar-refractivity contribution in [3.05, 3.63) is 28.2 Å². The molecule has 0 atom stereocenters. The third kappa shape index (κ3) is 3.91. The second-order valence-corrected chi connectivity index (χ2v) is 7.29. The van der Waals surface area contributed by atoms with Crippen LogP contribution in [-0.2, 0) is 21.8 Å². The number of sulfone groups is 1. The van der Waals surface area contributed by atoms with E-state index >= 15 is 0 Å². The van der Waals surface area contributed by atoms with Crippen molar-refractivity contribution in [3.8, 4) is 11.5 Å². The van der Waals surface area contributed by atoms with Gasteiger partial charge in [-0.25, -0.2) is 8.42 Å². The summed E-state index contributed by atoms with van der Waals surface area (Å²) < 4.78 is 72.3. The molecule has 0 saturated carbocycles. The second kappa shape index (κ2) is 6.32. The Labute approximate surface area is 133 Å². The lowest BCUT2D eigenvalue weighted by atomic mass is 10.3. The van der Waals surface area contributed by atoms with Crippen LogP contribution < -0.4 is 9.47 Å². The number of rotatable bonds is 5. The maximum Gasteiger partial charge on any atom is 0.445 e. The zero-order chi connectivity index (χ0) is 17.3. The largest absolute Gasteiger partial charge is 0.497 e. The Bertz CT molecular complexity index is 803. The Morgan fingerprint density at radius 1 is 1.17 bits per heavy atom. The number of aromatic nitrogens is 2. The van der Waals surface area contributed by atoms with Gasteiger partial charge in [0, 0.05) is 6.07 Å². The summed E-state index contributed by atoms with van der Waals surface area (Å²) >= 11 is 0.186. The van der Waals surface area contributed by atoms with Gasteiger partial charge in [-0.1, -0.05) is 11.3 Å². The molecule has 0 fully saturated rings. The van der Waals surface area contributed by atoms with Crippen LogP contribution in [0.4, 0.5) is 13.2 Å². The van der Waals surface area contributed by atoms with Gasteiger partial charge in [-0.2, -0.15) is 13.2 Å². The summed E-state index contributed by atoms with van der Waals surface area (Å²) in [5.41, 5.74) is 0. The van der Waals surface area contributed by atoms with E-state index in [9.17, 15) is 21.6 Å². The fraction of sp³-hybridized carbons (Fsp3) is 0.333. The molecule has 2 aromatic rings. The highest BCUT2D eigenvalue weighted by Gasteiger charge is 2.36. The topological polar surface area (TPSA) is 78.4 Å². The first-order valence-electron chi connectivity index (χ1n) is 6.01. The molecule has 0 spiro atoms. The van der Waals surface area contributed by atoms with E-state index in [4.69, 9.17) is 9.47 Å². The van der Waals surface area contributed by atoms with Crippen LogP contribution in [0.1, 0.15) is 10.0 Å². The van der Waals surface area contributed by atoms with Gasteiger partial charge >= 0.3 is 6.18 Å². The van der Waals surface area contributed by atoms with E-state index in [0.29, 0.717) is 0 Å². The van der Waals surface area contributed by atoms with Crippen molar-refractivity contribution in [2.75, 3.05) is 14.2 Å². The summed E-state index contributed by atoms with van der Waals surface area (Å²) in [6, 6.07) is 4.14. The molecular formula is C12H11F3N2O4S2. The molecule has 0 aliphatic carbocycles. The average molecular weight is 368 g/mol.